The Morgan fingerprint density at radius 2 is 2.03 bits per heavy atom. The van der Waals surface area contributed by atoms with Crippen LogP contribution in [-0.4, -0.2) is 39.5 Å². The molecule has 4 rings (SSSR count). The number of aryl methyl sites for hydroxylation is 1. The molecule has 0 radical (unpaired) electrons. The van der Waals surface area contributed by atoms with Crippen LogP contribution in [0.5, 0.6) is 0 Å². The number of rotatable bonds is 6. The third-order valence-corrected chi connectivity index (χ3v) is 5.32. The van der Waals surface area contributed by atoms with Crippen LogP contribution in [0.3, 0.4) is 0 Å². The van der Waals surface area contributed by atoms with Crippen molar-refractivity contribution in [2.75, 3.05) is 13.2 Å². The number of halogens is 1. The highest BCUT2D eigenvalue weighted by molar-refractivity contribution is 5.91. The van der Waals surface area contributed by atoms with Gasteiger partial charge in [-0.3, -0.25) is 14.2 Å². The second-order valence-electron chi connectivity index (χ2n) is 7.71. The van der Waals surface area contributed by atoms with Crippen LogP contribution in [0.2, 0.25) is 0 Å². The van der Waals surface area contributed by atoms with E-state index in [2.05, 4.69) is 10.4 Å². The number of carbonyl (C=O) groups excluding carboxylic acids is 1. The minimum absolute atomic E-state index is 0.123. The molecule has 1 aliphatic heterocycles. The van der Waals surface area contributed by atoms with Gasteiger partial charge in [0.2, 0.25) is 5.69 Å². The summed E-state index contributed by atoms with van der Waals surface area (Å²) in [5.41, 5.74) is -0.677. The van der Waals surface area contributed by atoms with Crippen LogP contribution in [0.4, 0.5) is 4.39 Å². The molecule has 1 aromatic heterocycles. The summed E-state index contributed by atoms with van der Waals surface area (Å²) in [6.07, 6.45) is 1.60. The van der Waals surface area contributed by atoms with Gasteiger partial charge in [0.1, 0.15) is 5.82 Å². The number of ether oxygens (including phenoxy) is 1. The molecule has 1 N–H and O–H groups in total. The average Bonchev–Trinajstić information content (AvgIpc) is 3.30. The van der Waals surface area contributed by atoms with Crippen molar-refractivity contribution in [1.29, 1.82) is 0 Å². The maximum Gasteiger partial charge on any atom is 0.352 e. The Bertz CT molecular complexity index is 1260. The van der Waals surface area contributed by atoms with Crippen molar-refractivity contribution in [3.63, 3.8) is 0 Å². The second-order valence-corrected chi connectivity index (χ2v) is 7.71. The molecule has 0 spiro atoms. The molecule has 3 aromatic rings. The molecular weight excluding hydrogens is 415 g/mol. The topological polar surface area (TPSA) is 95.2 Å². The number of nitrogens with one attached hydrogen (secondary N) is 1. The molecule has 2 heterocycles. The lowest BCUT2D eigenvalue weighted by Gasteiger charge is -2.14. The first-order valence-electron chi connectivity index (χ1n) is 10.4. The number of hydrogen-bond donors (Lipinski definition) is 1. The number of aromatic nitrogens is 3. The van der Waals surface area contributed by atoms with Crippen molar-refractivity contribution < 1.29 is 13.9 Å². The summed E-state index contributed by atoms with van der Waals surface area (Å²) >= 11 is 0. The maximum absolute atomic E-state index is 14.2. The summed E-state index contributed by atoms with van der Waals surface area (Å²) in [4.78, 5) is 39.0. The van der Waals surface area contributed by atoms with Crippen molar-refractivity contribution in [1.82, 2.24) is 19.7 Å². The minimum Gasteiger partial charge on any atom is -0.376 e. The summed E-state index contributed by atoms with van der Waals surface area (Å²) in [6, 6.07) is 12.8. The monoisotopic (exact) mass is 438 g/mol. The molecule has 1 saturated heterocycles. The Morgan fingerprint density at radius 1 is 1.22 bits per heavy atom. The highest BCUT2D eigenvalue weighted by Gasteiger charge is 2.23. The molecular formula is C23H23FN4O4. The highest BCUT2D eigenvalue weighted by atomic mass is 19.1. The van der Waals surface area contributed by atoms with Gasteiger partial charge in [-0.1, -0.05) is 30.3 Å². The SMILES string of the molecule is Cc1cccc(-n2nc(C(=O)NC[C@@H]3CCCO3)c(=O)n(Cc3ccccc3F)c2=O)c1. The molecule has 1 fully saturated rings. The van der Waals surface area contributed by atoms with Crippen LogP contribution in [-0.2, 0) is 11.3 Å². The molecule has 9 heteroatoms. The molecule has 1 amide bonds. The van der Waals surface area contributed by atoms with Gasteiger partial charge in [-0.15, -0.1) is 0 Å². The number of benzene rings is 2. The van der Waals surface area contributed by atoms with Gasteiger partial charge in [-0.2, -0.15) is 9.78 Å². The summed E-state index contributed by atoms with van der Waals surface area (Å²) in [5, 5.41) is 6.74. The second kappa shape index (κ2) is 9.27. The molecule has 0 unspecified atom stereocenters. The van der Waals surface area contributed by atoms with E-state index in [0.717, 1.165) is 27.7 Å². The van der Waals surface area contributed by atoms with E-state index in [1.54, 1.807) is 24.3 Å². The molecule has 8 nitrogen and oxygen atoms in total. The zero-order valence-corrected chi connectivity index (χ0v) is 17.6. The van der Waals surface area contributed by atoms with Gasteiger partial charge in [0.05, 0.1) is 18.3 Å². The quantitative estimate of drug-likeness (QED) is 0.633. The summed E-state index contributed by atoms with van der Waals surface area (Å²) in [6.45, 7) is 2.38. The first-order valence-corrected chi connectivity index (χ1v) is 10.4. The van der Waals surface area contributed by atoms with Gasteiger partial charge < -0.3 is 10.1 Å². The zero-order chi connectivity index (χ0) is 22.7. The Kier molecular flexibility index (Phi) is 6.27. The Labute approximate surface area is 183 Å². The van der Waals surface area contributed by atoms with Gasteiger partial charge in [0.15, 0.2) is 0 Å². The lowest BCUT2D eigenvalue weighted by atomic mass is 10.2. The first-order chi connectivity index (χ1) is 15.4. The van der Waals surface area contributed by atoms with E-state index in [4.69, 9.17) is 4.74 Å². The number of nitrogens with zero attached hydrogens (tertiary/aromatic N) is 3. The number of hydrogen-bond acceptors (Lipinski definition) is 5. The molecule has 32 heavy (non-hydrogen) atoms. The van der Waals surface area contributed by atoms with Gasteiger partial charge in [0.25, 0.3) is 11.5 Å². The fraction of sp³-hybridized carbons (Fsp3) is 0.304. The Morgan fingerprint density at radius 3 is 2.75 bits per heavy atom. The highest BCUT2D eigenvalue weighted by Crippen LogP contribution is 2.11. The Hall–Kier alpha value is -3.59. The van der Waals surface area contributed by atoms with Crippen molar-refractivity contribution in [2.45, 2.75) is 32.4 Å². The lowest BCUT2D eigenvalue weighted by molar-refractivity contribution is 0.0849. The molecule has 1 atom stereocenters. The molecule has 166 valence electrons. The van der Waals surface area contributed by atoms with Crippen LogP contribution >= 0.6 is 0 Å². The predicted molar refractivity (Wildman–Crippen MR) is 116 cm³/mol. The van der Waals surface area contributed by atoms with Crippen LogP contribution in [0.1, 0.15) is 34.5 Å². The van der Waals surface area contributed by atoms with Gasteiger partial charge in [-0.25, -0.2) is 9.18 Å². The normalized spacial score (nSPS) is 15.6. The fourth-order valence-electron chi connectivity index (χ4n) is 3.62. The standard InChI is InChI=1S/C23H23FN4O4/c1-15-6-4-8-17(12-15)28-23(31)27(14-16-7-2-3-10-19(16)24)22(30)20(26-28)21(29)25-13-18-9-5-11-32-18/h2-4,6-8,10,12,18H,5,9,11,13-14H2,1H3,(H,25,29)/t18-/m0/s1. The van der Waals surface area contributed by atoms with E-state index in [0.29, 0.717) is 12.3 Å². The molecule has 0 saturated carbocycles. The van der Waals surface area contributed by atoms with Crippen molar-refractivity contribution in [3.05, 3.63) is 92.0 Å². The third kappa shape index (κ3) is 4.52. The van der Waals surface area contributed by atoms with E-state index < -0.39 is 28.7 Å². The van der Waals surface area contributed by atoms with E-state index in [-0.39, 0.29) is 24.8 Å². The summed E-state index contributed by atoms with van der Waals surface area (Å²) in [5.74, 6) is -1.27. The zero-order valence-electron chi connectivity index (χ0n) is 17.6. The van der Waals surface area contributed by atoms with E-state index in [1.165, 1.54) is 18.2 Å². The number of amides is 1. The number of carbonyl (C=O) groups is 1. The minimum atomic E-state index is -0.882. The molecule has 1 aliphatic rings. The van der Waals surface area contributed by atoms with E-state index >= 15 is 0 Å². The van der Waals surface area contributed by atoms with Crippen molar-refractivity contribution in [3.8, 4) is 5.69 Å². The molecule has 0 aliphatic carbocycles. The van der Waals surface area contributed by atoms with Crippen molar-refractivity contribution >= 4 is 5.91 Å². The maximum atomic E-state index is 14.2. The van der Waals surface area contributed by atoms with Gasteiger partial charge >= 0.3 is 5.69 Å². The Balaban J connectivity index is 1.79. The fourth-order valence-corrected chi connectivity index (χ4v) is 3.62. The van der Waals surface area contributed by atoms with Gasteiger partial charge in [0, 0.05) is 18.7 Å². The first kappa shape index (κ1) is 21.6. The van der Waals surface area contributed by atoms with E-state index in [9.17, 15) is 18.8 Å². The third-order valence-electron chi connectivity index (χ3n) is 5.32. The van der Waals surface area contributed by atoms with Crippen LogP contribution in [0.15, 0.2) is 58.1 Å². The summed E-state index contributed by atoms with van der Waals surface area (Å²) in [7, 11) is 0. The summed E-state index contributed by atoms with van der Waals surface area (Å²) < 4.78 is 21.6. The lowest BCUT2D eigenvalue weighted by Crippen LogP contribution is -2.46. The van der Waals surface area contributed by atoms with Crippen molar-refractivity contribution in [2.24, 2.45) is 0 Å². The molecule has 2 aromatic carbocycles. The largest absolute Gasteiger partial charge is 0.376 e. The van der Waals surface area contributed by atoms with Crippen LogP contribution in [0, 0.1) is 12.7 Å². The van der Waals surface area contributed by atoms with Gasteiger partial charge in [-0.05, 0) is 43.5 Å². The predicted octanol–water partition coefficient (Wildman–Crippen LogP) is 1.80. The smallest absolute Gasteiger partial charge is 0.352 e. The van der Waals surface area contributed by atoms with E-state index in [1.807, 2.05) is 13.0 Å². The van der Waals surface area contributed by atoms with Crippen LogP contribution in [0.25, 0.3) is 5.69 Å². The molecule has 0 bridgehead atoms. The van der Waals surface area contributed by atoms with Crippen LogP contribution < -0.4 is 16.6 Å². The average molecular weight is 438 g/mol.